The summed E-state index contributed by atoms with van der Waals surface area (Å²) in [5, 5.41) is 0. The number of ether oxygens (including phenoxy) is 1. The Hall–Kier alpha value is -2.90. The zero-order valence-electron chi connectivity index (χ0n) is 14.2. The first kappa shape index (κ1) is 17.9. The van der Waals surface area contributed by atoms with Gasteiger partial charge in [-0.25, -0.2) is 0 Å². The van der Waals surface area contributed by atoms with Crippen molar-refractivity contribution in [3.63, 3.8) is 0 Å². The Balaban J connectivity index is 1.66. The van der Waals surface area contributed by atoms with Crippen LogP contribution in [0.4, 0.5) is 8.78 Å². The Kier molecular flexibility index (Phi) is 5.20. The van der Waals surface area contributed by atoms with E-state index in [4.69, 9.17) is 4.42 Å². The molecule has 0 spiro atoms. The molecule has 0 radical (unpaired) electrons. The molecule has 1 saturated heterocycles. The molecule has 2 heterocycles. The van der Waals surface area contributed by atoms with Crippen molar-refractivity contribution < 1.29 is 27.5 Å². The molecule has 0 bridgehead atoms. The minimum absolute atomic E-state index is 0.0817. The van der Waals surface area contributed by atoms with Crippen LogP contribution < -0.4 is 4.74 Å². The van der Waals surface area contributed by atoms with E-state index in [9.17, 15) is 18.4 Å². The number of carbonyl (C=O) groups excluding carboxylic acids is 2. The Labute approximate surface area is 148 Å². The van der Waals surface area contributed by atoms with E-state index in [2.05, 4.69) is 4.74 Å². The van der Waals surface area contributed by atoms with Crippen molar-refractivity contribution in [3.8, 4) is 5.75 Å². The molecule has 0 saturated carbocycles. The zero-order valence-corrected chi connectivity index (χ0v) is 14.2. The van der Waals surface area contributed by atoms with Crippen molar-refractivity contribution in [2.45, 2.75) is 13.5 Å². The second kappa shape index (κ2) is 7.55. The number of hydrogen-bond donors (Lipinski definition) is 0. The van der Waals surface area contributed by atoms with E-state index in [1.165, 1.54) is 29.4 Å². The molecule has 2 aromatic rings. The number of furan rings is 1. The maximum atomic E-state index is 12.6. The Morgan fingerprint density at radius 3 is 2.12 bits per heavy atom. The van der Waals surface area contributed by atoms with Crippen LogP contribution in [0.25, 0.3) is 0 Å². The highest BCUT2D eigenvalue weighted by Gasteiger charge is 2.28. The summed E-state index contributed by atoms with van der Waals surface area (Å²) in [6.45, 7) is 0.0406. The van der Waals surface area contributed by atoms with Gasteiger partial charge in [0.15, 0.2) is 0 Å². The predicted molar refractivity (Wildman–Crippen MR) is 88.3 cm³/mol. The quantitative estimate of drug-likeness (QED) is 0.837. The molecule has 8 heteroatoms. The third-order valence-corrected chi connectivity index (χ3v) is 4.28. The molecule has 1 aromatic carbocycles. The highest BCUT2D eigenvalue weighted by molar-refractivity contribution is 5.98. The van der Waals surface area contributed by atoms with Gasteiger partial charge in [-0.2, -0.15) is 8.78 Å². The second-order valence-corrected chi connectivity index (χ2v) is 5.85. The summed E-state index contributed by atoms with van der Waals surface area (Å²) in [4.78, 5) is 28.3. The fourth-order valence-corrected chi connectivity index (χ4v) is 2.90. The number of hydrogen-bond acceptors (Lipinski definition) is 4. The normalized spacial score (nSPS) is 14.6. The summed E-state index contributed by atoms with van der Waals surface area (Å²) in [7, 11) is 0. The van der Waals surface area contributed by atoms with Gasteiger partial charge in [-0.15, -0.1) is 0 Å². The predicted octanol–water partition coefficient (Wildman–Crippen LogP) is 2.79. The van der Waals surface area contributed by atoms with E-state index in [-0.39, 0.29) is 17.2 Å². The molecule has 0 N–H and O–H groups in total. The number of benzene rings is 1. The SMILES string of the molecule is Cc1occc1C(=O)N1CCN(C(=O)c2ccccc2OC(F)F)CC1. The standard InChI is InChI=1S/C18H18F2N2O4/c1-12-13(6-11-25-12)16(23)21-7-9-22(10-8-21)17(24)14-4-2-3-5-15(14)26-18(19)20/h2-6,11,18H,7-10H2,1H3. The van der Waals surface area contributed by atoms with Crippen molar-refractivity contribution in [2.24, 2.45) is 0 Å². The summed E-state index contributed by atoms with van der Waals surface area (Å²) in [5.74, 6) is -0.149. The van der Waals surface area contributed by atoms with Gasteiger partial charge in [-0.1, -0.05) is 12.1 Å². The number of aryl methyl sites for hydroxylation is 1. The average Bonchev–Trinajstić information content (AvgIpc) is 3.06. The van der Waals surface area contributed by atoms with Gasteiger partial charge in [0.2, 0.25) is 0 Å². The van der Waals surface area contributed by atoms with Crippen molar-refractivity contribution >= 4 is 11.8 Å². The van der Waals surface area contributed by atoms with Crippen LogP contribution in [0.2, 0.25) is 0 Å². The van der Waals surface area contributed by atoms with Crippen LogP contribution in [0.1, 0.15) is 26.5 Å². The van der Waals surface area contributed by atoms with Gasteiger partial charge in [-0.3, -0.25) is 9.59 Å². The number of alkyl halides is 2. The number of amides is 2. The molecule has 26 heavy (non-hydrogen) atoms. The zero-order chi connectivity index (χ0) is 18.7. The summed E-state index contributed by atoms with van der Waals surface area (Å²) in [5.41, 5.74) is 0.582. The van der Waals surface area contributed by atoms with E-state index in [0.29, 0.717) is 37.5 Å². The van der Waals surface area contributed by atoms with Crippen LogP contribution in [0.3, 0.4) is 0 Å². The lowest BCUT2D eigenvalue weighted by Gasteiger charge is -2.35. The lowest BCUT2D eigenvalue weighted by atomic mass is 10.1. The molecule has 138 valence electrons. The number of carbonyl (C=O) groups is 2. The van der Waals surface area contributed by atoms with Gasteiger partial charge in [0.05, 0.1) is 17.4 Å². The van der Waals surface area contributed by atoms with E-state index in [1.54, 1.807) is 24.0 Å². The summed E-state index contributed by atoms with van der Waals surface area (Å²) in [6.07, 6.45) is 1.46. The van der Waals surface area contributed by atoms with Crippen LogP contribution >= 0.6 is 0 Å². The Morgan fingerprint density at radius 2 is 1.58 bits per heavy atom. The van der Waals surface area contributed by atoms with E-state index in [0.717, 1.165) is 0 Å². The highest BCUT2D eigenvalue weighted by atomic mass is 19.3. The van der Waals surface area contributed by atoms with Gasteiger partial charge in [0.1, 0.15) is 11.5 Å². The smallest absolute Gasteiger partial charge is 0.387 e. The van der Waals surface area contributed by atoms with Crippen molar-refractivity contribution in [1.29, 1.82) is 0 Å². The maximum absolute atomic E-state index is 12.6. The molecule has 0 atom stereocenters. The number of piperazine rings is 1. The summed E-state index contributed by atoms with van der Waals surface area (Å²) in [6, 6.07) is 7.52. The number of halogens is 2. The number of rotatable bonds is 4. The molecule has 0 unspecified atom stereocenters. The number of nitrogens with zero attached hydrogens (tertiary/aromatic N) is 2. The summed E-state index contributed by atoms with van der Waals surface area (Å²) >= 11 is 0. The van der Waals surface area contributed by atoms with E-state index >= 15 is 0 Å². The van der Waals surface area contributed by atoms with Gasteiger partial charge in [0, 0.05) is 26.2 Å². The molecule has 1 aliphatic heterocycles. The van der Waals surface area contributed by atoms with E-state index < -0.39 is 12.5 Å². The van der Waals surface area contributed by atoms with Crippen molar-refractivity contribution in [2.75, 3.05) is 26.2 Å². The molecule has 2 amide bonds. The fraction of sp³-hybridized carbons (Fsp3) is 0.333. The topological polar surface area (TPSA) is 63.0 Å². The fourth-order valence-electron chi connectivity index (χ4n) is 2.90. The van der Waals surface area contributed by atoms with Gasteiger partial charge in [-0.05, 0) is 25.1 Å². The minimum Gasteiger partial charge on any atom is -0.469 e. The van der Waals surface area contributed by atoms with Crippen LogP contribution in [0.15, 0.2) is 41.0 Å². The first-order chi connectivity index (χ1) is 12.5. The Morgan fingerprint density at radius 1 is 1.00 bits per heavy atom. The Bertz CT molecular complexity index is 798. The first-order valence-electron chi connectivity index (χ1n) is 8.14. The molecule has 3 rings (SSSR count). The maximum Gasteiger partial charge on any atom is 0.387 e. The molecular formula is C18H18F2N2O4. The van der Waals surface area contributed by atoms with Crippen LogP contribution in [0.5, 0.6) is 5.75 Å². The van der Waals surface area contributed by atoms with Crippen LogP contribution in [-0.2, 0) is 0 Å². The lowest BCUT2D eigenvalue weighted by Crippen LogP contribution is -2.50. The average molecular weight is 364 g/mol. The van der Waals surface area contributed by atoms with Gasteiger partial charge < -0.3 is 19.0 Å². The van der Waals surface area contributed by atoms with Crippen LogP contribution in [0, 0.1) is 6.92 Å². The lowest BCUT2D eigenvalue weighted by molar-refractivity contribution is -0.0503. The number of para-hydroxylation sites is 1. The first-order valence-corrected chi connectivity index (χ1v) is 8.14. The molecule has 0 aliphatic carbocycles. The van der Waals surface area contributed by atoms with Gasteiger partial charge >= 0.3 is 6.61 Å². The third-order valence-electron chi connectivity index (χ3n) is 4.28. The monoisotopic (exact) mass is 364 g/mol. The molecule has 6 nitrogen and oxygen atoms in total. The third kappa shape index (κ3) is 3.68. The molecule has 1 fully saturated rings. The summed E-state index contributed by atoms with van der Waals surface area (Å²) < 4.78 is 34.6. The molecule has 1 aromatic heterocycles. The van der Waals surface area contributed by atoms with Gasteiger partial charge in [0.25, 0.3) is 11.8 Å². The molecule has 1 aliphatic rings. The highest BCUT2D eigenvalue weighted by Crippen LogP contribution is 2.23. The van der Waals surface area contributed by atoms with Crippen LogP contribution in [-0.4, -0.2) is 54.4 Å². The minimum atomic E-state index is -3.00. The molecular weight excluding hydrogens is 346 g/mol. The van der Waals surface area contributed by atoms with Crippen molar-refractivity contribution in [3.05, 3.63) is 53.5 Å². The van der Waals surface area contributed by atoms with E-state index in [1.807, 2.05) is 0 Å². The van der Waals surface area contributed by atoms with Crippen molar-refractivity contribution in [1.82, 2.24) is 9.80 Å². The second-order valence-electron chi connectivity index (χ2n) is 5.85. The largest absolute Gasteiger partial charge is 0.469 e.